The number of nitrogens with zero attached hydrogens (tertiary/aromatic N) is 1. The molecule has 0 amide bonds. The van der Waals surface area contributed by atoms with Crippen molar-refractivity contribution in [1.29, 1.82) is 5.26 Å². The molecule has 0 unspecified atom stereocenters. The molecule has 0 heterocycles. The first-order chi connectivity index (χ1) is 10.0. The highest BCUT2D eigenvalue weighted by molar-refractivity contribution is 5.37. The van der Waals surface area contributed by atoms with E-state index in [9.17, 15) is 17.7 Å². The Balaban J connectivity index is 0.000000219. The van der Waals surface area contributed by atoms with Crippen molar-refractivity contribution in [3.63, 3.8) is 0 Å². The molecule has 0 aromatic heterocycles. The van der Waals surface area contributed by atoms with Crippen LogP contribution in [0.5, 0.6) is 5.75 Å². The van der Waals surface area contributed by atoms with Crippen molar-refractivity contribution >= 4 is 0 Å². The Kier molecular flexibility index (Phi) is 6.21. The molecule has 110 valence electrons. The normalized spacial score (nSPS) is 9.33. The monoisotopic (exact) mass is 297 g/mol. The molecule has 2 aromatic carbocycles. The van der Waals surface area contributed by atoms with Crippen LogP contribution in [-0.4, -0.2) is 0 Å². The maximum atomic E-state index is 12.6. The minimum Gasteiger partial charge on any atom is -0.294 e. The van der Waals surface area contributed by atoms with Gasteiger partial charge in [-0.3, -0.25) is 4.94 Å². The zero-order valence-corrected chi connectivity index (χ0v) is 11.0. The molecule has 0 fully saturated rings. The standard InChI is InChI=1S/C8H9F.C7H2F3NO/c1-7-2-4-8(6-9)5-3-7;8-6-1-4(12-10)2-7(9)5(6)3-11/h2-5H,6H2,1H3;1-2H. The summed E-state index contributed by atoms with van der Waals surface area (Å²) in [5.74, 6) is -2.90. The SMILES string of the molecule is Cc1ccc(CF)cc1.N#Cc1c(F)cc(OF)cc1F. The lowest BCUT2D eigenvalue weighted by atomic mass is 10.2. The highest BCUT2D eigenvalue weighted by Gasteiger charge is 2.11. The second-order valence-corrected chi connectivity index (χ2v) is 4.07. The Morgan fingerprint density at radius 3 is 2.00 bits per heavy atom. The van der Waals surface area contributed by atoms with Crippen LogP contribution in [0.1, 0.15) is 16.7 Å². The van der Waals surface area contributed by atoms with E-state index in [1.54, 1.807) is 12.1 Å². The largest absolute Gasteiger partial charge is 0.294 e. The second-order valence-electron chi connectivity index (χ2n) is 4.07. The molecule has 0 aliphatic carbocycles. The molecule has 21 heavy (non-hydrogen) atoms. The summed E-state index contributed by atoms with van der Waals surface area (Å²) in [5, 5.41) is 8.20. The molecule has 0 bridgehead atoms. The van der Waals surface area contributed by atoms with Gasteiger partial charge in [0.2, 0.25) is 0 Å². The molecule has 2 aromatic rings. The zero-order chi connectivity index (χ0) is 15.8. The number of hydrogen-bond donors (Lipinski definition) is 0. The van der Waals surface area contributed by atoms with Crippen LogP contribution in [0.4, 0.5) is 17.7 Å². The van der Waals surface area contributed by atoms with Crippen molar-refractivity contribution in [2.75, 3.05) is 0 Å². The van der Waals surface area contributed by atoms with Gasteiger partial charge >= 0.3 is 0 Å². The fourth-order valence-corrected chi connectivity index (χ4v) is 1.38. The van der Waals surface area contributed by atoms with Crippen molar-refractivity contribution in [2.45, 2.75) is 13.6 Å². The van der Waals surface area contributed by atoms with E-state index >= 15 is 0 Å². The predicted molar refractivity (Wildman–Crippen MR) is 68.8 cm³/mol. The van der Waals surface area contributed by atoms with Gasteiger partial charge in [0, 0.05) is 16.7 Å². The Morgan fingerprint density at radius 2 is 1.62 bits per heavy atom. The molecule has 6 heteroatoms. The van der Waals surface area contributed by atoms with Crippen LogP contribution < -0.4 is 4.94 Å². The molecule has 0 aliphatic heterocycles. The minimum atomic E-state index is -1.15. The second kappa shape index (κ2) is 7.90. The maximum absolute atomic E-state index is 12.6. The fraction of sp³-hybridized carbons (Fsp3) is 0.133. The van der Waals surface area contributed by atoms with Gasteiger partial charge in [-0.15, -0.1) is 0 Å². The van der Waals surface area contributed by atoms with Gasteiger partial charge in [-0.05, 0) is 12.5 Å². The van der Waals surface area contributed by atoms with E-state index in [1.165, 1.54) is 11.6 Å². The quantitative estimate of drug-likeness (QED) is 0.761. The summed E-state index contributed by atoms with van der Waals surface area (Å²) < 4.78 is 48.4. The third kappa shape index (κ3) is 4.80. The molecular weight excluding hydrogens is 286 g/mol. The number of hydrogen-bond acceptors (Lipinski definition) is 2. The summed E-state index contributed by atoms with van der Waals surface area (Å²) >= 11 is 0. The van der Waals surface area contributed by atoms with Gasteiger partial charge in [0.15, 0.2) is 5.75 Å². The summed E-state index contributed by atoms with van der Waals surface area (Å²) in [4.78, 5) is 3.09. The van der Waals surface area contributed by atoms with Crippen molar-refractivity contribution < 1.29 is 22.6 Å². The smallest absolute Gasteiger partial charge is 0.177 e. The highest BCUT2D eigenvalue weighted by Crippen LogP contribution is 2.19. The minimum absolute atomic E-state index is 0.361. The molecular formula is C15H11F4NO. The van der Waals surface area contributed by atoms with Gasteiger partial charge in [0.25, 0.3) is 0 Å². The molecule has 0 N–H and O–H groups in total. The number of halogens is 4. The van der Waals surface area contributed by atoms with Gasteiger partial charge in [-0.1, -0.05) is 29.8 Å². The van der Waals surface area contributed by atoms with Crippen LogP contribution in [0.25, 0.3) is 0 Å². The highest BCUT2D eigenvalue weighted by atomic mass is 19.3. The Bertz CT molecular complexity index is 612. The molecule has 0 saturated carbocycles. The summed E-state index contributed by atoms with van der Waals surface area (Å²) in [6.45, 7) is 1.63. The first kappa shape index (κ1) is 16.5. The van der Waals surface area contributed by atoms with Gasteiger partial charge in [0.05, 0.1) is 0 Å². The lowest BCUT2D eigenvalue weighted by Crippen LogP contribution is -1.90. The Morgan fingerprint density at radius 1 is 1.10 bits per heavy atom. The van der Waals surface area contributed by atoms with Crippen LogP contribution >= 0.6 is 0 Å². The summed E-state index contributed by atoms with van der Waals surface area (Å²) in [7, 11) is 0. The molecule has 2 rings (SSSR count). The van der Waals surface area contributed by atoms with Gasteiger partial charge in [-0.25, -0.2) is 13.2 Å². The van der Waals surface area contributed by atoms with Crippen LogP contribution in [-0.2, 0) is 6.67 Å². The van der Waals surface area contributed by atoms with E-state index < -0.39 is 22.9 Å². The number of alkyl halides is 1. The summed E-state index contributed by atoms with van der Waals surface area (Å²) in [5.41, 5.74) is 1.17. The fourth-order valence-electron chi connectivity index (χ4n) is 1.38. The zero-order valence-electron chi connectivity index (χ0n) is 11.0. The maximum Gasteiger partial charge on any atom is 0.177 e. The molecule has 2 nitrogen and oxygen atoms in total. The lowest BCUT2D eigenvalue weighted by Gasteiger charge is -1.97. The number of nitriles is 1. The topological polar surface area (TPSA) is 33.0 Å². The van der Waals surface area contributed by atoms with Crippen LogP contribution in [0.15, 0.2) is 36.4 Å². The van der Waals surface area contributed by atoms with Crippen molar-refractivity contribution in [3.8, 4) is 11.8 Å². The number of benzene rings is 2. The van der Waals surface area contributed by atoms with Gasteiger partial charge in [0.1, 0.15) is 29.9 Å². The number of aryl methyl sites for hydroxylation is 1. The van der Waals surface area contributed by atoms with E-state index in [4.69, 9.17) is 5.26 Å². The van der Waals surface area contributed by atoms with Gasteiger partial charge < -0.3 is 0 Å². The Labute approximate surface area is 119 Å². The Hall–Kier alpha value is -2.55. The first-order valence-electron chi connectivity index (χ1n) is 5.81. The lowest BCUT2D eigenvalue weighted by molar-refractivity contribution is -0.00692. The number of rotatable bonds is 2. The van der Waals surface area contributed by atoms with Crippen LogP contribution in [0, 0.1) is 29.9 Å². The molecule has 0 spiro atoms. The first-order valence-corrected chi connectivity index (χ1v) is 5.81. The average Bonchev–Trinajstić information content (AvgIpc) is 2.48. The summed E-state index contributed by atoms with van der Waals surface area (Å²) in [6.07, 6.45) is 0. The average molecular weight is 297 g/mol. The summed E-state index contributed by atoms with van der Waals surface area (Å²) in [6, 6.07) is 9.88. The van der Waals surface area contributed by atoms with E-state index in [0.717, 1.165) is 5.56 Å². The molecule has 0 saturated heterocycles. The van der Waals surface area contributed by atoms with Crippen LogP contribution in [0.2, 0.25) is 0 Å². The van der Waals surface area contributed by atoms with Crippen molar-refractivity contribution in [3.05, 3.63) is 64.7 Å². The van der Waals surface area contributed by atoms with Crippen molar-refractivity contribution in [1.82, 2.24) is 0 Å². The van der Waals surface area contributed by atoms with Crippen LogP contribution in [0.3, 0.4) is 0 Å². The van der Waals surface area contributed by atoms with Gasteiger partial charge in [-0.2, -0.15) is 5.26 Å². The van der Waals surface area contributed by atoms with E-state index in [2.05, 4.69) is 4.94 Å². The van der Waals surface area contributed by atoms with E-state index in [0.29, 0.717) is 12.1 Å². The predicted octanol–water partition coefficient (Wildman–Crippen LogP) is 4.56. The molecule has 0 aliphatic rings. The van der Waals surface area contributed by atoms with Crippen molar-refractivity contribution in [2.24, 2.45) is 0 Å². The van der Waals surface area contributed by atoms with E-state index in [-0.39, 0.29) is 6.67 Å². The molecule has 0 atom stereocenters. The third-order valence-electron chi connectivity index (χ3n) is 2.49. The van der Waals surface area contributed by atoms with E-state index in [1.807, 2.05) is 19.1 Å². The molecule has 0 radical (unpaired) electrons. The third-order valence-corrected chi connectivity index (χ3v) is 2.49.